The molecule has 9 heteroatoms. The number of amides is 1. The first-order valence-electron chi connectivity index (χ1n) is 5.66. The predicted octanol–water partition coefficient (Wildman–Crippen LogP) is 2.60. The van der Waals surface area contributed by atoms with Crippen LogP contribution < -0.4 is 0 Å². The standard InChI is InChI=1S/C12H9F2N3O3S/c1-16(4-8-5-21-6-15-8)12(18)9-2-7(13)3-10(11(9)14)17(19)20/h2-3,5-6H,4H2,1H3. The van der Waals surface area contributed by atoms with Gasteiger partial charge in [-0.05, 0) is 6.07 Å². The van der Waals surface area contributed by atoms with Gasteiger partial charge in [0, 0.05) is 12.4 Å². The zero-order chi connectivity index (χ0) is 15.6. The van der Waals surface area contributed by atoms with Gasteiger partial charge >= 0.3 is 5.69 Å². The molecule has 6 nitrogen and oxygen atoms in total. The normalized spacial score (nSPS) is 10.4. The molecule has 0 aliphatic carbocycles. The Morgan fingerprint density at radius 3 is 2.76 bits per heavy atom. The molecule has 1 amide bonds. The minimum atomic E-state index is -1.35. The summed E-state index contributed by atoms with van der Waals surface area (Å²) in [5.41, 5.74) is 0.406. The van der Waals surface area contributed by atoms with Gasteiger partial charge < -0.3 is 4.90 Å². The smallest absolute Gasteiger partial charge is 0.308 e. The van der Waals surface area contributed by atoms with Crippen molar-refractivity contribution in [2.24, 2.45) is 0 Å². The number of halogens is 2. The summed E-state index contributed by atoms with van der Waals surface area (Å²) in [6.07, 6.45) is 0. The Morgan fingerprint density at radius 2 is 2.19 bits per heavy atom. The number of nitro benzene ring substituents is 1. The molecule has 1 aromatic carbocycles. The van der Waals surface area contributed by atoms with E-state index in [9.17, 15) is 23.7 Å². The van der Waals surface area contributed by atoms with Gasteiger partial charge in [0.1, 0.15) is 5.82 Å². The van der Waals surface area contributed by atoms with Crippen LogP contribution in [0.15, 0.2) is 23.0 Å². The molecular weight excluding hydrogens is 304 g/mol. The SMILES string of the molecule is CN(Cc1cscn1)C(=O)c1cc(F)cc([N+](=O)[O-])c1F. The Balaban J connectivity index is 2.32. The summed E-state index contributed by atoms with van der Waals surface area (Å²) in [5, 5.41) is 12.3. The van der Waals surface area contributed by atoms with Gasteiger partial charge in [0.15, 0.2) is 0 Å². The fourth-order valence-electron chi connectivity index (χ4n) is 1.70. The van der Waals surface area contributed by atoms with Gasteiger partial charge in [-0.25, -0.2) is 9.37 Å². The van der Waals surface area contributed by atoms with E-state index in [4.69, 9.17) is 0 Å². The second-order valence-corrected chi connectivity index (χ2v) is 4.90. The first-order chi connectivity index (χ1) is 9.90. The van der Waals surface area contributed by atoms with Crippen LogP contribution in [0.1, 0.15) is 16.1 Å². The third-order valence-electron chi connectivity index (χ3n) is 2.67. The molecule has 0 aliphatic rings. The zero-order valence-electron chi connectivity index (χ0n) is 10.7. The number of nitrogens with zero attached hydrogens (tertiary/aromatic N) is 3. The summed E-state index contributed by atoms with van der Waals surface area (Å²) in [7, 11) is 1.37. The predicted molar refractivity (Wildman–Crippen MR) is 70.9 cm³/mol. The highest BCUT2D eigenvalue weighted by Gasteiger charge is 2.26. The monoisotopic (exact) mass is 313 g/mol. The van der Waals surface area contributed by atoms with Crippen molar-refractivity contribution in [2.75, 3.05) is 7.05 Å². The fraction of sp³-hybridized carbons (Fsp3) is 0.167. The molecule has 0 unspecified atom stereocenters. The Kier molecular flexibility index (Phi) is 4.22. The lowest BCUT2D eigenvalue weighted by Crippen LogP contribution is -2.27. The van der Waals surface area contributed by atoms with E-state index in [-0.39, 0.29) is 6.54 Å². The molecule has 0 fully saturated rings. The van der Waals surface area contributed by atoms with Crippen molar-refractivity contribution in [3.63, 3.8) is 0 Å². The average Bonchev–Trinajstić information content (AvgIpc) is 2.92. The van der Waals surface area contributed by atoms with Crippen molar-refractivity contribution in [1.29, 1.82) is 0 Å². The third kappa shape index (κ3) is 3.19. The summed E-state index contributed by atoms with van der Waals surface area (Å²) in [6, 6.07) is 1.08. The van der Waals surface area contributed by atoms with Crippen molar-refractivity contribution in [1.82, 2.24) is 9.88 Å². The second-order valence-electron chi connectivity index (χ2n) is 4.18. The number of carbonyl (C=O) groups is 1. The van der Waals surface area contributed by atoms with E-state index in [0.29, 0.717) is 17.8 Å². The lowest BCUT2D eigenvalue weighted by molar-refractivity contribution is -0.387. The number of benzene rings is 1. The number of hydrogen-bond acceptors (Lipinski definition) is 5. The van der Waals surface area contributed by atoms with E-state index in [1.165, 1.54) is 18.4 Å². The Hall–Kier alpha value is -2.42. The van der Waals surface area contributed by atoms with Crippen molar-refractivity contribution in [3.8, 4) is 0 Å². The quantitative estimate of drug-likeness (QED) is 0.642. The lowest BCUT2D eigenvalue weighted by Gasteiger charge is -2.16. The molecule has 110 valence electrons. The van der Waals surface area contributed by atoms with Crippen molar-refractivity contribution < 1.29 is 18.5 Å². The maximum atomic E-state index is 13.9. The lowest BCUT2D eigenvalue weighted by atomic mass is 10.1. The molecule has 0 atom stereocenters. The molecule has 2 aromatic rings. The minimum absolute atomic E-state index is 0.0894. The summed E-state index contributed by atoms with van der Waals surface area (Å²) in [5.74, 6) is -3.26. The minimum Gasteiger partial charge on any atom is -0.336 e. The van der Waals surface area contributed by atoms with Crippen LogP contribution >= 0.6 is 11.3 Å². The van der Waals surface area contributed by atoms with Crippen LogP contribution in [0.25, 0.3) is 0 Å². The van der Waals surface area contributed by atoms with Crippen LogP contribution in [0.5, 0.6) is 0 Å². The topological polar surface area (TPSA) is 76.3 Å². The van der Waals surface area contributed by atoms with Crippen LogP contribution in [0.2, 0.25) is 0 Å². The molecule has 0 aliphatic heterocycles. The maximum absolute atomic E-state index is 13.9. The van der Waals surface area contributed by atoms with Gasteiger partial charge in [-0.1, -0.05) is 0 Å². The molecular formula is C12H9F2N3O3S. The highest BCUT2D eigenvalue weighted by atomic mass is 32.1. The largest absolute Gasteiger partial charge is 0.336 e. The summed E-state index contributed by atoms with van der Waals surface area (Å²) in [6.45, 7) is 0.0894. The molecule has 0 N–H and O–H groups in total. The zero-order valence-corrected chi connectivity index (χ0v) is 11.6. The Labute approximate surface area is 121 Å². The molecule has 2 rings (SSSR count). The average molecular weight is 313 g/mol. The number of aromatic nitrogens is 1. The molecule has 21 heavy (non-hydrogen) atoms. The van der Waals surface area contributed by atoms with Gasteiger partial charge in [-0.15, -0.1) is 11.3 Å². The van der Waals surface area contributed by atoms with Gasteiger partial charge in [0.25, 0.3) is 5.91 Å². The molecule has 0 bridgehead atoms. The van der Waals surface area contributed by atoms with Gasteiger partial charge in [-0.3, -0.25) is 14.9 Å². The van der Waals surface area contributed by atoms with Crippen LogP contribution in [0, 0.1) is 21.7 Å². The number of rotatable bonds is 4. The van der Waals surface area contributed by atoms with Crippen LogP contribution in [0.4, 0.5) is 14.5 Å². The van der Waals surface area contributed by atoms with E-state index in [2.05, 4.69) is 4.98 Å². The fourth-order valence-corrected chi connectivity index (χ4v) is 2.25. The van der Waals surface area contributed by atoms with Gasteiger partial charge in [-0.2, -0.15) is 4.39 Å². The number of nitro groups is 1. The van der Waals surface area contributed by atoms with Crippen molar-refractivity contribution in [2.45, 2.75) is 6.54 Å². The summed E-state index contributed by atoms with van der Waals surface area (Å²) in [4.78, 5) is 26.7. The van der Waals surface area contributed by atoms with Gasteiger partial charge in [0.2, 0.25) is 5.82 Å². The van der Waals surface area contributed by atoms with Crippen LogP contribution in [-0.2, 0) is 6.54 Å². The molecule has 1 heterocycles. The maximum Gasteiger partial charge on any atom is 0.308 e. The summed E-state index contributed by atoms with van der Waals surface area (Å²) < 4.78 is 27.2. The van der Waals surface area contributed by atoms with E-state index in [0.717, 1.165) is 4.90 Å². The van der Waals surface area contributed by atoms with Crippen LogP contribution in [0.3, 0.4) is 0 Å². The molecule has 0 saturated carbocycles. The van der Waals surface area contributed by atoms with E-state index >= 15 is 0 Å². The third-order valence-corrected chi connectivity index (χ3v) is 3.31. The molecule has 0 spiro atoms. The van der Waals surface area contributed by atoms with E-state index in [1.54, 1.807) is 10.9 Å². The highest BCUT2D eigenvalue weighted by molar-refractivity contribution is 7.07. The second kappa shape index (κ2) is 5.92. The van der Waals surface area contributed by atoms with Crippen LogP contribution in [-0.4, -0.2) is 27.8 Å². The number of thiazole rings is 1. The van der Waals surface area contributed by atoms with E-state index in [1.807, 2.05) is 0 Å². The Morgan fingerprint density at radius 1 is 1.48 bits per heavy atom. The Bertz CT molecular complexity index is 691. The van der Waals surface area contributed by atoms with Crippen molar-refractivity contribution in [3.05, 3.63) is 56.0 Å². The number of carbonyl (C=O) groups excluding carboxylic acids is 1. The van der Waals surface area contributed by atoms with Gasteiger partial charge in [0.05, 0.1) is 34.3 Å². The summed E-state index contributed by atoms with van der Waals surface area (Å²) >= 11 is 1.33. The molecule has 0 radical (unpaired) electrons. The van der Waals surface area contributed by atoms with Crippen molar-refractivity contribution >= 4 is 22.9 Å². The highest BCUT2D eigenvalue weighted by Crippen LogP contribution is 2.23. The number of hydrogen-bond donors (Lipinski definition) is 0. The first kappa shape index (κ1) is 15.0. The molecule has 1 aromatic heterocycles. The van der Waals surface area contributed by atoms with E-state index < -0.39 is 33.7 Å². The first-order valence-corrected chi connectivity index (χ1v) is 6.60. The molecule has 0 saturated heterocycles.